The number of carbonyl (C=O) groups is 2. The number of nitrogens with zero attached hydrogens (tertiary/aromatic N) is 2. The highest BCUT2D eigenvalue weighted by Crippen LogP contribution is 2.39. The minimum Gasteiger partial charge on any atom is -0.506 e. The van der Waals surface area contributed by atoms with Crippen molar-refractivity contribution in [3.05, 3.63) is 101 Å². The van der Waals surface area contributed by atoms with Crippen LogP contribution in [0, 0.1) is 0 Å². The fourth-order valence-electron chi connectivity index (χ4n) is 4.67. The van der Waals surface area contributed by atoms with Crippen molar-refractivity contribution in [3.8, 4) is 0 Å². The van der Waals surface area contributed by atoms with Crippen LogP contribution < -0.4 is 4.90 Å². The molecule has 0 bridgehead atoms. The lowest BCUT2D eigenvalue weighted by Crippen LogP contribution is -2.26. The number of benzene rings is 1. The molecular weight excluding hydrogens is 488 g/mol. The first kappa shape index (κ1) is 27.9. The number of carbonyl (C=O) groups excluding carboxylic acids is 2. The molecule has 0 amide bonds. The van der Waals surface area contributed by atoms with Gasteiger partial charge in [-0.25, -0.2) is 9.37 Å². The second-order valence-electron chi connectivity index (χ2n) is 9.86. The van der Waals surface area contributed by atoms with E-state index in [0.717, 1.165) is 55.7 Å². The maximum absolute atomic E-state index is 13.1. The summed E-state index contributed by atoms with van der Waals surface area (Å²) in [6, 6.07) is 7.96. The molecule has 39 heavy (non-hydrogen) atoms. The average Bonchev–Trinajstić information content (AvgIpc) is 3.50. The van der Waals surface area contributed by atoms with Crippen molar-refractivity contribution in [2.45, 2.75) is 39.5 Å². The SMILES string of the molecule is CCCCN(CCCC)c1ccc(C2=C(O)C(=C3C=CC(=[N+](C)CCOC(=O)C4=C=CC=C4)C=C3)C2=O)cc1. The number of aliphatic hydroxyl groups excluding tert-OH is 1. The molecular formula is C33H37N2O4+. The van der Waals surface area contributed by atoms with E-state index in [0.29, 0.717) is 28.8 Å². The van der Waals surface area contributed by atoms with E-state index in [9.17, 15) is 14.7 Å². The zero-order chi connectivity index (χ0) is 27.8. The Morgan fingerprint density at radius 2 is 1.64 bits per heavy atom. The number of rotatable bonds is 12. The molecule has 0 heterocycles. The number of anilines is 1. The number of hydrogen-bond acceptors (Lipinski definition) is 5. The Labute approximate surface area is 231 Å². The molecule has 1 aromatic carbocycles. The van der Waals surface area contributed by atoms with Crippen LogP contribution in [0.2, 0.25) is 0 Å². The van der Waals surface area contributed by atoms with Gasteiger partial charge in [0.25, 0.3) is 0 Å². The lowest BCUT2D eigenvalue weighted by Gasteiger charge is -2.26. The van der Waals surface area contributed by atoms with Crippen LogP contribution in [0.1, 0.15) is 45.1 Å². The third-order valence-electron chi connectivity index (χ3n) is 7.09. The smallest absolute Gasteiger partial charge is 0.346 e. The lowest BCUT2D eigenvalue weighted by molar-refractivity contribution is -0.498. The van der Waals surface area contributed by atoms with Gasteiger partial charge in [0.1, 0.15) is 18.4 Å². The van der Waals surface area contributed by atoms with Crippen LogP contribution in [0.25, 0.3) is 5.57 Å². The van der Waals surface area contributed by atoms with Gasteiger partial charge in [0.2, 0.25) is 5.78 Å². The van der Waals surface area contributed by atoms with Crippen LogP contribution in [-0.2, 0) is 14.3 Å². The number of allylic oxidation sites excluding steroid dienone is 8. The molecule has 1 N–H and O–H groups in total. The van der Waals surface area contributed by atoms with E-state index in [4.69, 9.17) is 4.74 Å². The normalized spacial score (nSPS) is 15.7. The van der Waals surface area contributed by atoms with Crippen molar-refractivity contribution in [1.82, 2.24) is 0 Å². The maximum atomic E-state index is 13.1. The van der Waals surface area contributed by atoms with E-state index in [1.54, 1.807) is 18.2 Å². The predicted octanol–water partition coefficient (Wildman–Crippen LogP) is 5.65. The predicted molar refractivity (Wildman–Crippen MR) is 156 cm³/mol. The Hall–Kier alpha value is -4.15. The molecule has 0 spiro atoms. The molecule has 0 aromatic heterocycles. The molecule has 6 heteroatoms. The molecule has 0 atom stereocenters. The monoisotopic (exact) mass is 525 g/mol. The van der Waals surface area contributed by atoms with Crippen LogP contribution in [0.3, 0.4) is 0 Å². The number of unbranched alkanes of at least 4 members (excludes halogenated alkanes) is 2. The highest BCUT2D eigenvalue weighted by molar-refractivity contribution is 6.39. The number of hydrogen-bond donors (Lipinski definition) is 1. The fraction of sp³-hybridized carbons (Fsp3) is 0.333. The van der Waals surface area contributed by atoms with Gasteiger partial charge in [-0.2, -0.15) is 0 Å². The van der Waals surface area contributed by atoms with Gasteiger partial charge >= 0.3 is 5.97 Å². The van der Waals surface area contributed by atoms with Crippen molar-refractivity contribution >= 4 is 28.7 Å². The third kappa shape index (κ3) is 6.47. The molecule has 0 saturated heterocycles. The molecule has 3 aliphatic carbocycles. The standard InChI is InChI=1S/C33H36N2O4/c1-4-6-20-35(21-7-5-2)28-18-14-25(15-19-28)30-31(36)29(32(30)37)24-12-16-27(17-13-24)34(3)22-23-39-33(38)26-10-8-9-11-26/h8-10,12-19H,4-7,20-23H2,1-3H3/p+1. The Kier molecular flexibility index (Phi) is 9.35. The van der Waals surface area contributed by atoms with E-state index in [-0.39, 0.29) is 24.1 Å². The van der Waals surface area contributed by atoms with Gasteiger partial charge in [0, 0.05) is 30.9 Å². The summed E-state index contributed by atoms with van der Waals surface area (Å²) >= 11 is 0. The number of Topliss-reactive ketones (excluding diaryl/α,β-unsaturated/α-hetero) is 1. The van der Waals surface area contributed by atoms with Crippen molar-refractivity contribution in [2.24, 2.45) is 0 Å². The highest BCUT2D eigenvalue weighted by atomic mass is 16.5. The number of likely N-dealkylation sites (N-methyl/N-ethyl adjacent to an activating group) is 1. The molecule has 0 unspecified atom stereocenters. The molecule has 1 aromatic rings. The molecule has 0 radical (unpaired) electrons. The summed E-state index contributed by atoms with van der Waals surface area (Å²) in [6.07, 6.45) is 17.1. The summed E-state index contributed by atoms with van der Waals surface area (Å²) < 4.78 is 7.27. The minimum atomic E-state index is -0.387. The molecule has 3 aliphatic rings. The minimum absolute atomic E-state index is 0.0407. The van der Waals surface area contributed by atoms with Crippen LogP contribution in [0.5, 0.6) is 0 Å². The summed E-state index contributed by atoms with van der Waals surface area (Å²) in [4.78, 5) is 27.4. The summed E-state index contributed by atoms with van der Waals surface area (Å²) in [5.41, 5.74) is 7.45. The average molecular weight is 526 g/mol. The zero-order valence-corrected chi connectivity index (χ0v) is 23.1. The van der Waals surface area contributed by atoms with Gasteiger partial charge < -0.3 is 14.7 Å². The molecule has 0 fully saturated rings. The number of ketones is 1. The molecule has 0 saturated carbocycles. The second kappa shape index (κ2) is 13.1. The van der Waals surface area contributed by atoms with Crippen molar-refractivity contribution in [2.75, 3.05) is 38.2 Å². The van der Waals surface area contributed by atoms with Gasteiger partial charge in [-0.1, -0.05) is 44.9 Å². The summed E-state index contributed by atoms with van der Waals surface area (Å²) in [7, 11) is 1.91. The third-order valence-corrected chi connectivity index (χ3v) is 7.09. The van der Waals surface area contributed by atoms with Crippen molar-refractivity contribution < 1.29 is 24.0 Å². The van der Waals surface area contributed by atoms with Gasteiger partial charge in [0.05, 0.1) is 11.1 Å². The van der Waals surface area contributed by atoms with Crippen LogP contribution >= 0.6 is 0 Å². The highest BCUT2D eigenvalue weighted by Gasteiger charge is 2.36. The fourth-order valence-corrected chi connectivity index (χ4v) is 4.67. The lowest BCUT2D eigenvalue weighted by atomic mass is 9.80. The first-order chi connectivity index (χ1) is 18.9. The first-order valence-corrected chi connectivity index (χ1v) is 13.8. The van der Waals surface area contributed by atoms with Crippen LogP contribution in [0.15, 0.2) is 95.0 Å². The van der Waals surface area contributed by atoms with Crippen LogP contribution in [0.4, 0.5) is 5.69 Å². The Bertz CT molecular complexity index is 1350. The first-order valence-electron chi connectivity index (χ1n) is 13.8. The number of esters is 1. The largest absolute Gasteiger partial charge is 0.506 e. The Morgan fingerprint density at radius 1 is 0.974 bits per heavy atom. The van der Waals surface area contributed by atoms with E-state index in [1.807, 2.05) is 60.2 Å². The number of ether oxygens (including phenoxy) is 1. The summed E-state index contributed by atoms with van der Waals surface area (Å²) in [5, 5.41) is 10.8. The molecule has 6 nitrogen and oxygen atoms in total. The zero-order valence-electron chi connectivity index (χ0n) is 23.1. The van der Waals surface area contributed by atoms with Crippen LogP contribution in [-0.4, -0.2) is 60.4 Å². The number of aliphatic hydroxyl groups is 1. The van der Waals surface area contributed by atoms with Gasteiger partial charge in [-0.3, -0.25) is 4.79 Å². The van der Waals surface area contributed by atoms with E-state index in [2.05, 4.69) is 24.5 Å². The van der Waals surface area contributed by atoms with Gasteiger partial charge in [-0.05, 0) is 60.4 Å². The summed E-state index contributed by atoms with van der Waals surface area (Å²) in [6.45, 7) is 7.19. The molecule has 202 valence electrons. The quantitative estimate of drug-likeness (QED) is 0.165. The van der Waals surface area contributed by atoms with Crippen molar-refractivity contribution in [1.29, 1.82) is 0 Å². The van der Waals surface area contributed by atoms with E-state index >= 15 is 0 Å². The van der Waals surface area contributed by atoms with Gasteiger partial charge in [-0.15, -0.1) is 5.73 Å². The van der Waals surface area contributed by atoms with Crippen molar-refractivity contribution in [3.63, 3.8) is 0 Å². The van der Waals surface area contributed by atoms with Gasteiger partial charge in [0.15, 0.2) is 18.9 Å². The second-order valence-corrected chi connectivity index (χ2v) is 9.86. The Morgan fingerprint density at radius 3 is 2.21 bits per heavy atom. The van der Waals surface area contributed by atoms with E-state index in [1.165, 1.54) is 0 Å². The van der Waals surface area contributed by atoms with E-state index < -0.39 is 0 Å². The Balaban J connectivity index is 1.41. The molecule has 4 rings (SSSR count). The maximum Gasteiger partial charge on any atom is 0.346 e. The summed E-state index contributed by atoms with van der Waals surface area (Å²) in [5.74, 6) is -0.494. The molecule has 0 aliphatic heterocycles. The topological polar surface area (TPSA) is 69.8 Å².